The first-order valence-corrected chi connectivity index (χ1v) is 18.3. The molecule has 0 aromatic heterocycles. The van der Waals surface area contributed by atoms with Crippen LogP contribution in [0.1, 0.15) is 58.9 Å². The predicted octanol–water partition coefficient (Wildman–Crippen LogP) is 7.16. The molecule has 0 amide bonds. The summed E-state index contributed by atoms with van der Waals surface area (Å²) in [4.78, 5) is 14.5. The van der Waals surface area contributed by atoms with Crippen LogP contribution in [0, 0.1) is 32.6 Å². The summed E-state index contributed by atoms with van der Waals surface area (Å²) in [6.07, 6.45) is 0.446. The van der Waals surface area contributed by atoms with Gasteiger partial charge in [-0.1, -0.05) is 95.6 Å². The fourth-order valence-electron chi connectivity index (χ4n) is 7.46. The molecule has 0 N–H and O–H groups in total. The van der Waals surface area contributed by atoms with Crippen molar-refractivity contribution in [3.05, 3.63) is 131 Å². The quantitative estimate of drug-likeness (QED) is 0.227. The molecule has 7 heteroatoms. The van der Waals surface area contributed by atoms with Crippen LogP contribution in [0.4, 0.5) is 0 Å². The van der Waals surface area contributed by atoms with Crippen LogP contribution in [-0.2, 0) is 24.5 Å². The van der Waals surface area contributed by atoms with Crippen LogP contribution >= 0.6 is 0 Å². The van der Waals surface area contributed by atoms with Crippen LogP contribution in [0.25, 0.3) is 0 Å². The first kappa shape index (κ1) is 30.5. The van der Waals surface area contributed by atoms with Gasteiger partial charge in [0.1, 0.15) is 5.78 Å². The minimum Gasteiger partial charge on any atom is -0.299 e. The number of Topliss-reactive ketones (excluding diaryl/α,β-unsaturated/α-hetero) is 1. The average Bonchev–Trinajstić information content (AvgIpc) is 3.01. The average molecular weight is 627 g/mol. The van der Waals surface area contributed by atoms with E-state index in [1.807, 2.05) is 69.3 Å². The minimum absolute atomic E-state index is 0.0495. The van der Waals surface area contributed by atoms with Gasteiger partial charge in [0.15, 0.2) is 19.7 Å². The lowest BCUT2D eigenvalue weighted by molar-refractivity contribution is -0.128. The van der Waals surface area contributed by atoms with Gasteiger partial charge in [-0.2, -0.15) is 0 Å². The number of ketones is 1. The maximum atomic E-state index is 14.7. The van der Waals surface area contributed by atoms with Crippen molar-refractivity contribution >= 4 is 25.5 Å². The van der Waals surface area contributed by atoms with Crippen LogP contribution in [-0.4, -0.2) is 33.1 Å². The van der Waals surface area contributed by atoms with E-state index in [4.69, 9.17) is 0 Å². The summed E-state index contributed by atoms with van der Waals surface area (Å²) in [5.41, 5.74) is 4.75. The van der Waals surface area contributed by atoms with E-state index in [1.54, 1.807) is 54.6 Å². The number of rotatable bonds is 6. The molecule has 6 rings (SSSR count). The highest BCUT2D eigenvalue weighted by molar-refractivity contribution is 7.92. The molecule has 2 aliphatic carbocycles. The number of fused-ring (bicyclic) bond motifs is 1. The van der Waals surface area contributed by atoms with Gasteiger partial charge < -0.3 is 0 Å². The Balaban J connectivity index is 1.51. The van der Waals surface area contributed by atoms with Crippen molar-refractivity contribution in [1.82, 2.24) is 0 Å². The Hall–Kier alpha value is -3.55. The molecule has 2 fully saturated rings. The lowest BCUT2D eigenvalue weighted by atomic mass is 9.61. The van der Waals surface area contributed by atoms with Gasteiger partial charge >= 0.3 is 0 Å². The van der Waals surface area contributed by atoms with Gasteiger partial charge in [-0.05, 0) is 74.9 Å². The summed E-state index contributed by atoms with van der Waals surface area (Å²) in [5, 5.41) is -1.72. The molecule has 4 aromatic carbocycles. The third-order valence-corrected chi connectivity index (χ3v) is 14.4. The Morgan fingerprint density at radius 1 is 0.523 bits per heavy atom. The molecular formula is C37H38O5S2. The van der Waals surface area contributed by atoms with E-state index in [-0.39, 0.29) is 34.8 Å². The predicted molar refractivity (Wildman–Crippen MR) is 173 cm³/mol. The fourth-order valence-corrected chi connectivity index (χ4v) is 11.8. The van der Waals surface area contributed by atoms with Crippen LogP contribution in [0.5, 0.6) is 0 Å². The Morgan fingerprint density at radius 2 is 1.00 bits per heavy atom. The summed E-state index contributed by atoms with van der Waals surface area (Å²) >= 11 is 0. The fraction of sp³-hybridized carbons (Fsp3) is 0.324. The molecule has 6 atom stereocenters. The summed E-state index contributed by atoms with van der Waals surface area (Å²) in [5.74, 6) is -2.26. The lowest BCUT2D eigenvalue weighted by Gasteiger charge is -2.48. The normalized spacial score (nSPS) is 25.8. The van der Waals surface area contributed by atoms with E-state index in [2.05, 4.69) is 0 Å². The molecular weight excluding hydrogens is 589 g/mol. The molecule has 0 heterocycles. The third kappa shape index (κ3) is 5.56. The number of carbonyl (C=O) groups is 1. The van der Waals surface area contributed by atoms with Crippen LogP contribution in [0.15, 0.2) is 113 Å². The second kappa shape index (κ2) is 11.8. The van der Waals surface area contributed by atoms with Gasteiger partial charge in [-0.25, -0.2) is 16.8 Å². The molecule has 0 aliphatic heterocycles. The molecule has 5 nitrogen and oxygen atoms in total. The van der Waals surface area contributed by atoms with E-state index in [9.17, 15) is 21.6 Å². The number of carbonyl (C=O) groups excluding carboxylic acids is 1. The first-order valence-electron chi connectivity index (χ1n) is 15.2. The van der Waals surface area contributed by atoms with Gasteiger partial charge in [0.25, 0.3) is 0 Å². The SMILES string of the molecule is Cc1ccc([C@@H]2C[C@@H]3C(S(=O)(=O)c4ccc(C)cc4)[C@H](c4ccc(C)cc4)CC(=O)[C@@H]3CC2S(=O)(=O)c2ccccc2)cc1. The zero-order valence-corrected chi connectivity index (χ0v) is 26.9. The van der Waals surface area contributed by atoms with Crippen molar-refractivity contribution in [2.45, 2.75) is 72.2 Å². The Morgan fingerprint density at radius 3 is 1.55 bits per heavy atom. The summed E-state index contributed by atoms with van der Waals surface area (Å²) in [7, 11) is -7.72. The molecule has 0 radical (unpaired) electrons. The van der Waals surface area contributed by atoms with Crippen molar-refractivity contribution in [3.63, 3.8) is 0 Å². The van der Waals surface area contributed by atoms with E-state index in [1.165, 1.54) is 0 Å². The van der Waals surface area contributed by atoms with Gasteiger partial charge in [0, 0.05) is 24.2 Å². The largest absolute Gasteiger partial charge is 0.299 e. The van der Waals surface area contributed by atoms with E-state index < -0.39 is 53.8 Å². The summed E-state index contributed by atoms with van der Waals surface area (Å²) in [6.45, 7) is 5.88. The number of benzene rings is 4. The van der Waals surface area contributed by atoms with Gasteiger partial charge in [-0.3, -0.25) is 4.79 Å². The van der Waals surface area contributed by atoms with Crippen molar-refractivity contribution in [2.24, 2.45) is 11.8 Å². The van der Waals surface area contributed by atoms with Crippen LogP contribution < -0.4 is 0 Å². The maximum absolute atomic E-state index is 14.7. The van der Waals surface area contributed by atoms with E-state index in [0.717, 1.165) is 27.8 Å². The molecule has 2 saturated carbocycles. The topological polar surface area (TPSA) is 85.3 Å². The molecule has 2 aliphatic rings. The molecule has 2 unspecified atom stereocenters. The van der Waals surface area contributed by atoms with Crippen molar-refractivity contribution in [2.75, 3.05) is 0 Å². The number of hydrogen-bond acceptors (Lipinski definition) is 5. The highest BCUT2D eigenvalue weighted by atomic mass is 32.2. The van der Waals surface area contributed by atoms with Crippen molar-refractivity contribution < 1.29 is 21.6 Å². The molecule has 0 bridgehead atoms. The smallest absolute Gasteiger partial charge is 0.182 e. The molecule has 4 aromatic rings. The maximum Gasteiger partial charge on any atom is 0.182 e. The van der Waals surface area contributed by atoms with E-state index >= 15 is 0 Å². The Bertz CT molecular complexity index is 1860. The van der Waals surface area contributed by atoms with Crippen molar-refractivity contribution in [3.8, 4) is 0 Å². The highest BCUT2D eigenvalue weighted by Gasteiger charge is 2.56. The molecule has 228 valence electrons. The van der Waals surface area contributed by atoms with Gasteiger partial charge in [0.05, 0.1) is 20.3 Å². The van der Waals surface area contributed by atoms with Crippen LogP contribution in [0.2, 0.25) is 0 Å². The summed E-state index contributed by atoms with van der Waals surface area (Å²) < 4.78 is 57.8. The van der Waals surface area contributed by atoms with Gasteiger partial charge in [-0.15, -0.1) is 0 Å². The number of hydrogen-bond donors (Lipinski definition) is 0. The summed E-state index contributed by atoms with van der Waals surface area (Å²) in [6, 6.07) is 31.0. The second-order valence-corrected chi connectivity index (χ2v) is 16.9. The lowest BCUT2D eigenvalue weighted by Crippen LogP contribution is -2.53. The standard InChI is InChI=1S/C37H38O5S2/c1-24-9-15-27(16-10-24)31-21-34-33(23-36(31)43(39,40)29-7-5-4-6-8-29)35(38)22-32(28-17-11-25(2)12-18-28)37(34)44(41,42)30-19-13-26(3)14-20-30/h4-20,31-34,36-37H,21-23H2,1-3H3/t31-,32-,33+,34-,36?,37?/m0/s1. The number of sulfone groups is 2. The minimum atomic E-state index is -3.90. The monoisotopic (exact) mass is 626 g/mol. The molecule has 0 spiro atoms. The van der Waals surface area contributed by atoms with Gasteiger partial charge in [0.2, 0.25) is 0 Å². The zero-order valence-electron chi connectivity index (χ0n) is 25.3. The Labute approximate surface area is 261 Å². The zero-order chi connectivity index (χ0) is 31.2. The van der Waals surface area contributed by atoms with Crippen molar-refractivity contribution in [1.29, 1.82) is 0 Å². The van der Waals surface area contributed by atoms with Crippen LogP contribution in [0.3, 0.4) is 0 Å². The molecule has 44 heavy (non-hydrogen) atoms. The Kier molecular flexibility index (Phi) is 8.14. The number of aryl methyl sites for hydroxylation is 3. The molecule has 0 saturated heterocycles. The van der Waals surface area contributed by atoms with E-state index in [0.29, 0.717) is 0 Å². The first-order chi connectivity index (χ1) is 21.0. The second-order valence-electron chi connectivity index (χ2n) is 12.7. The third-order valence-electron chi connectivity index (χ3n) is 9.82. The highest BCUT2D eigenvalue weighted by Crippen LogP contribution is 2.54.